The van der Waals surface area contributed by atoms with Crippen LogP contribution in [0.3, 0.4) is 0 Å². The average Bonchev–Trinajstić information content (AvgIpc) is 2.84. The van der Waals surface area contributed by atoms with Crippen molar-refractivity contribution in [1.29, 1.82) is 0 Å². The molecule has 1 aliphatic carbocycles. The van der Waals surface area contributed by atoms with E-state index >= 15 is 0 Å². The predicted molar refractivity (Wildman–Crippen MR) is 78.4 cm³/mol. The van der Waals surface area contributed by atoms with Gasteiger partial charge in [0.15, 0.2) is 0 Å². The lowest BCUT2D eigenvalue weighted by Crippen LogP contribution is -2.10. The minimum absolute atomic E-state index is 0.247. The van der Waals surface area contributed by atoms with Gasteiger partial charge in [0.1, 0.15) is 0 Å². The summed E-state index contributed by atoms with van der Waals surface area (Å²) >= 11 is 0. The molecule has 0 spiro atoms. The van der Waals surface area contributed by atoms with Gasteiger partial charge in [0.05, 0.1) is 6.10 Å². The SMILES string of the molecule is Cc1ccc(C)c(C(O)C2CCc3ccccc32)c1. The maximum Gasteiger partial charge on any atom is 0.0861 e. The first kappa shape index (κ1) is 12.4. The smallest absolute Gasteiger partial charge is 0.0861 e. The summed E-state index contributed by atoms with van der Waals surface area (Å²) in [5.41, 5.74) is 6.21. The maximum absolute atomic E-state index is 10.8. The van der Waals surface area contributed by atoms with Crippen LogP contribution >= 0.6 is 0 Å². The Kier molecular flexibility index (Phi) is 3.16. The largest absolute Gasteiger partial charge is 0.388 e. The Bertz CT molecular complexity index is 600. The molecule has 0 aliphatic heterocycles. The Labute approximate surface area is 114 Å². The molecule has 2 atom stereocenters. The highest BCUT2D eigenvalue weighted by atomic mass is 16.3. The summed E-state index contributed by atoms with van der Waals surface area (Å²) in [7, 11) is 0. The van der Waals surface area contributed by atoms with Gasteiger partial charge in [-0.15, -0.1) is 0 Å². The van der Waals surface area contributed by atoms with Crippen molar-refractivity contribution in [2.45, 2.75) is 38.7 Å². The molecule has 0 aromatic heterocycles. The van der Waals surface area contributed by atoms with E-state index in [0.29, 0.717) is 0 Å². The second-order valence-electron chi connectivity index (χ2n) is 5.65. The van der Waals surface area contributed by atoms with Crippen molar-refractivity contribution in [2.75, 3.05) is 0 Å². The van der Waals surface area contributed by atoms with Gasteiger partial charge in [0.2, 0.25) is 0 Å². The van der Waals surface area contributed by atoms with Crippen molar-refractivity contribution in [3.63, 3.8) is 0 Å². The van der Waals surface area contributed by atoms with Gasteiger partial charge in [-0.05, 0) is 48.9 Å². The fourth-order valence-electron chi connectivity index (χ4n) is 3.21. The van der Waals surface area contributed by atoms with E-state index in [1.165, 1.54) is 22.3 Å². The van der Waals surface area contributed by atoms with Gasteiger partial charge < -0.3 is 5.11 Å². The summed E-state index contributed by atoms with van der Waals surface area (Å²) in [4.78, 5) is 0. The number of hydrogen-bond donors (Lipinski definition) is 1. The highest BCUT2D eigenvalue weighted by Crippen LogP contribution is 2.42. The van der Waals surface area contributed by atoms with Gasteiger partial charge >= 0.3 is 0 Å². The molecule has 0 saturated heterocycles. The van der Waals surface area contributed by atoms with E-state index in [1.807, 2.05) is 0 Å². The first-order valence-corrected chi connectivity index (χ1v) is 7.00. The quantitative estimate of drug-likeness (QED) is 0.854. The molecule has 0 saturated carbocycles. The summed E-state index contributed by atoms with van der Waals surface area (Å²) in [5.74, 6) is 0.247. The van der Waals surface area contributed by atoms with E-state index in [2.05, 4.69) is 56.3 Å². The lowest BCUT2D eigenvalue weighted by atomic mass is 9.88. The van der Waals surface area contributed by atoms with Crippen molar-refractivity contribution in [3.05, 3.63) is 70.3 Å². The second kappa shape index (κ2) is 4.82. The molecule has 19 heavy (non-hydrogen) atoms. The third-order valence-electron chi connectivity index (χ3n) is 4.31. The van der Waals surface area contributed by atoms with E-state index in [1.54, 1.807) is 0 Å². The van der Waals surface area contributed by atoms with Crippen molar-refractivity contribution in [1.82, 2.24) is 0 Å². The van der Waals surface area contributed by atoms with E-state index in [-0.39, 0.29) is 12.0 Å². The molecule has 0 heterocycles. The van der Waals surface area contributed by atoms with E-state index in [4.69, 9.17) is 0 Å². The Morgan fingerprint density at radius 2 is 1.89 bits per heavy atom. The Balaban J connectivity index is 1.97. The normalized spacial score (nSPS) is 19.2. The molecule has 0 bridgehead atoms. The minimum Gasteiger partial charge on any atom is -0.388 e. The molecule has 1 nitrogen and oxygen atoms in total. The highest BCUT2D eigenvalue weighted by Gasteiger charge is 2.29. The Hall–Kier alpha value is -1.60. The molecule has 0 fully saturated rings. The lowest BCUT2D eigenvalue weighted by molar-refractivity contribution is 0.144. The van der Waals surface area contributed by atoms with Crippen LogP contribution in [-0.4, -0.2) is 5.11 Å². The van der Waals surface area contributed by atoms with Crippen LogP contribution in [0.5, 0.6) is 0 Å². The number of hydrogen-bond acceptors (Lipinski definition) is 1. The van der Waals surface area contributed by atoms with Gasteiger partial charge in [0, 0.05) is 5.92 Å². The second-order valence-corrected chi connectivity index (χ2v) is 5.65. The number of fused-ring (bicyclic) bond motifs is 1. The summed E-state index contributed by atoms with van der Waals surface area (Å²) < 4.78 is 0. The van der Waals surface area contributed by atoms with Crippen LogP contribution in [-0.2, 0) is 6.42 Å². The fraction of sp³-hybridized carbons (Fsp3) is 0.333. The molecule has 2 aromatic rings. The number of benzene rings is 2. The molecule has 1 aliphatic rings. The van der Waals surface area contributed by atoms with Crippen LogP contribution in [0.15, 0.2) is 42.5 Å². The van der Waals surface area contributed by atoms with Crippen LogP contribution in [0.1, 0.15) is 46.3 Å². The summed E-state index contributed by atoms with van der Waals surface area (Å²) in [6.07, 6.45) is 1.75. The molecule has 2 unspecified atom stereocenters. The molecule has 1 N–H and O–H groups in total. The zero-order chi connectivity index (χ0) is 13.4. The molecular formula is C18H20O. The van der Waals surface area contributed by atoms with E-state index in [9.17, 15) is 5.11 Å². The van der Waals surface area contributed by atoms with Gasteiger partial charge in [-0.2, -0.15) is 0 Å². The third-order valence-corrected chi connectivity index (χ3v) is 4.31. The molecule has 0 radical (unpaired) electrons. The van der Waals surface area contributed by atoms with Gasteiger partial charge in [0.25, 0.3) is 0 Å². The average molecular weight is 252 g/mol. The number of aliphatic hydroxyl groups is 1. The van der Waals surface area contributed by atoms with Crippen LogP contribution in [0.2, 0.25) is 0 Å². The van der Waals surface area contributed by atoms with Gasteiger partial charge in [-0.3, -0.25) is 0 Å². The first-order chi connectivity index (χ1) is 9.16. The molecule has 0 amide bonds. The minimum atomic E-state index is -0.386. The molecule has 1 heteroatoms. The molecule has 2 aromatic carbocycles. The topological polar surface area (TPSA) is 20.2 Å². The van der Waals surface area contributed by atoms with Crippen LogP contribution in [0.4, 0.5) is 0 Å². The number of aryl methyl sites for hydroxylation is 3. The fourth-order valence-corrected chi connectivity index (χ4v) is 3.21. The van der Waals surface area contributed by atoms with Crippen molar-refractivity contribution in [3.8, 4) is 0 Å². The van der Waals surface area contributed by atoms with Crippen molar-refractivity contribution < 1.29 is 5.11 Å². The molecule has 3 rings (SSSR count). The first-order valence-electron chi connectivity index (χ1n) is 7.00. The summed E-state index contributed by atoms with van der Waals surface area (Å²) in [5, 5.41) is 10.8. The Morgan fingerprint density at radius 1 is 1.11 bits per heavy atom. The van der Waals surface area contributed by atoms with Crippen LogP contribution in [0, 0.1) is 13.8 Å². The van der Waals surface area contributed by atoms with Gasteiger partial charge in [-0.1, -0.05) is 48.0 Å². The van der Waals surface area contributed by atoms with Crippen molar-refractivity contribution >= 4 is 0 Å². The predicted octanol–water partition coefficient (Wildman–Crippen LogP) is 4.07. The lowest BCUT2D eigenvalue weighted by Gasteiger charge is -2.22. The van der Waals surface area contributed by atoms with Crippen molar-refractivity contribution in [2.24, 2.45) is 0 Å². The summed E-state index contributed by atoms with van der Waals surface area (Å²) in [6, 6.07) is 14.9. The van der Waals surface area contributed by atoms with Gasteiger partial charge in [-0.25, -0.2) is 0 Å². The maximum atomic E-state index is 10.8. The number of aliphatic hydroxyl groups excluding tert-OH is 1. The van der Waals surface area contributed by atoms with Crippen LogP contribution in [0.25, 0.3) is 0 Å². The summed E-state index contributed by atoms with van der Waals surface area (Å²) in [6.45, 7) is 4.16. The van der Waals surface area contributed by atoms with E-state index in [0.717, 1.165) is 18.4 Å². The molecule has 98 valence electrons. The van der Waals surface area contributed by atoms with Crippen LogP contribution < -0.4 is 0 Å². The zero-order valence-electron chi connectivity index (χ0n) is 11.6. The zero-order valence-corrected chi connectivity index (χ0v) is 11.6. The highest BCUT2D eigenvalue weighted by molar-refractivity contribution is 5.40. The number of rotatable bonds is 2. The monoisotopic (exact) mass is 252 g/mol. The third kappa shape index (κ3) is 2.19. The Morgan fingerprint density at radius 3 is 2.74 bits per heavy atom. The van der Waals surface area contributed by atoms with E-state index < -0.39 is 0 Å². The standard InChI is InChI=1S/C18H20O/c1-12-7-8-13(2)17(11-12)18(19)16-10-9-14-5-3-4-6-15(14)16/h3-8,11,16,18-19H,9-10H2,1-2H3. The molecular weight excluding hydrogens is 232 g/mol.